The Hall–Kier alpha value is -1.09. The van der Waals surface area contributed by atoms with Crippen molar-refractivity contribution in [2.75, 3.05) is 0 Å². The fourth-order valence-corrected chi connectivity index (χ4v) is 1.88. The lowest BCUT2D eigenvalue weighted by Crippen LogP contribution is -1.78. The molecule has 2 aromatic rings. The number of nitrogens with one attached hydrogen (secondary N) is 1. The van der Waals surface area contributed by atoms with Gasteiger partial charge in [0.15, 0.2) is 0 Å². The highest BCUT2D eigenvalue weighted by molar-refractivity contribution is 7.10. The lowest BCUT2D eigenvalue weighted by Gasteiger charge is -1.92. The Morgan fingerprint density at radius 1 is 1.42 bits per heavy atom. The summed E-state index contributed by atoms with van der Waals surface area (Å²) in [5, 5.41) is 2.09. The molecular formula is C9H10N2S. The highest BCUT2D eigenvalue weighted by atomic mass is 32.1. The van der Waals surface area contributed by atoms with Crippen LogP contribution >= 0.6 is 11.3 Å². The molecule has 2 nitrogen and oxygen atoms in total. The predicted octanol–water partition coefficient (Wildman–Crippen LogP) is 2.76. The van der Waals surface area contributed by atoms with Crippen LogP contribution in [0.2, 0.25) is 0 Å². The maximum Gasteiger partial charge on any atom is 0.138 e. The Kier molecular flexibility index (Phi) is 1.73. The van der Waals surface area contributed by atoms with E-state index in [0.717, 1.165) is 11.5 Å². The third-order valence-electron chi connectivity index (χ3n) is 1.82. The molecule has 0 aromatic carbocycles. The van der Waals surface area contributed by atoms with Crippen LogP contribution in [0, 0.1) is 13.8 Å². The van der Waals surface area contributed by atoms with Crippen LogP contribution in [-0.2, 0) is 0 Å². The van der Waals surface area contributed by atoms with Crippen LogP contribution in [0.3, 0.4) is 0 Å². The molecule has 0 unspecified atom stereocenters. The smallest absolute Gasteiger partial charge is 0.138 e. The number of hydrogen-bond donors (Lipinski definition) is 1. The molecule has 0 radical (unpaired) electrons. The Morgan fingerprint density at radius 2 is 2.25 bits per heavy atom. The average Bonchev–Trinajstić information content (AvgIpc) is 2.58. The molecule has 0 atom stereocenters. The molecule has 0 saturated carbocycles. The van der Waals surface area contributed by atoms with Crippen molar-refractivity contribution in [1.82, 2.24) is 9.97 Å². The molecule has 3 heteroatoms. The molecule has 0 spiro atoms. The maximum atomic E-state index is 4.27. The predicted molar refractivity (Wildman–Crippen MR) is 51.4 cm³/mol. The van der Waals surface area contributed by atoms with Crippen molar-refractivity contribution in [3.8, 4) is 11.4 Å². The summed E-state index contributed by atoms with van der Waals surface area (Å²) in [6.45, 7) is 4.12. The van der Waals surface area contributed by atoms with Crippen LogP contribution in [0.4, 0.5) is 0 Å². The standard InChI is InChI=1S/C9H10N2S/c1-6-5-10-9(11-6)8-3-4-12-7(8)2/h3-5H,1-2H3,(H,10,11). The molecule has 0 amide bonds. The topological polar surface area (TPSA) is 28.7 Å². The largest absolute Gasteiger partial charge is 0.342 e. The highest BCUT2D eigenvalue weighted by Crippen LogP contribution is 2.24. The molecule has 2 heterocycles. The van der Waals surface area contributed by atoms with E-state index in [1.165, 1.54) is 10.4 Å². The zero-order chi connectivity index (χ0) is 8.55. The number of aryl methyl sites for hydroxylation is 2. The molecule has 2 rings (SSSR count). The minimum Gasteiger partial charge on any atom is -0.342 e. The fraction of sp³-hybridized carbons (Fsp3) is 0.222. The average molecular weight is 178 g/mol. The van der Waals surface area contributed by atoms with Crippen molar-refractivity contribution in [3.05, 3.63) is 28.2 Å². The fourth-order valence-electron chi connectivity index (χ4n) is 1.18. The van der Waals surface area contributed by atoms with E-state index in [1.54, 1.807) is 11.3 Å². The van der Waals surface area contributed by atoms with Gasteiger partial charge in [-0.25, -0.2) is 4.98 Å². The first-order valence-electron chi connectivity index (χ1n) is 3.83. The Bertz CT molecular complexity index is 387. The van der Waals surface area contributed by atoms with E-state index in [1.807, 2.05) is 13.1 Å². The molecule has 0 aliphatic heterocycles. The number of hydrogen-bond acceptors (Lipinski definition) is 2. The highest BCUT2D eigenvalue weighted by Gasteiger charge is 2.04. The number of H-pyrrole nitrogens is 1. The summed E-state index contributed by atoms with van der Waals surface area (Å²) in [5.41, 5.74) is 2.32. The van der Waals surface area contributed by atoms with Gasteiger partial charge in [0.2, 0.25) is 0 Å². The van der Waals surface area contributed by atoms with E-state index in [-0.39, 0.29) is 0 Å². The van der Waals surface area contributed by atoms with E-state index in [0.29, 0.717) is 0 Å². The summed E-state index contributed by atoms with van der Waals surface area (Å²) in [4.78, 5) is 8.79. The number of thiophene rings is 1. The number of nitrogens with zero attached hydrogens (tertiary/aromatic N) is 1. The second kappa shape index (κ2) is 2.75. The summed E-state index contributed by atoms with van der Waals surface area (Å²) in [6, 6.07) is 2.10. The van der Waals surface area contributed by atoms with Gasteiger partial charge in [0.05, 0.1) is 0 Å². The summed E-state index contributed by atoms with van der Waals surface area (Å²) >= 11 is 1.75. The monoisotopic (exact) mass is 178 g/mol. The van der Waals surface area contributed by atoms with Gasteiger partial charge in [0, 0.05) is 22.3 Å². The lowest BCUT2D eigenvalue weighted by molar-refractivity contribution is 1.25. The molecule has 62 valence electrons. The quantitative estimate of drug-likeness (QED) is 0.714. The second-order valence-corrected chi connectivity index (χ2v) is 3.93. The van der Waals surface area contributed by atoms with E-state index in [9.17, 15) is 0 Å². The minimum absolute atomic E-state index is 0.978. The summed E-state index contributed by atoms with van der Waals surface area (Å²) in [5.74, 6) is 0.978. The first-order valence-corrected chi connectivity index (χ1v) is 4.71. The van der Waals surface area contributed by atoms with Gasteiger partial charge in [-0.3, -0.25) is 0 Å². The van der Waals surface area contributed by atoms with Gasteiger partial charge in [0.25, 0.3) is 0 Å². The van der Waals surface area contributed by atoms with Crippen LogP contribution in [0.1, 0.15) is 10.6 Å². The summed E-state index contributed by atoms with van der Waals surface area (Å²) < 4.78 is 0. The van der Waals surface area contributed by atoms with Crippen molar-refractivity contribution in [2.24, 2.45) is 0 Å². The molecule has 0 aliphatic carbocycles. The van der Waals surface area contributed by atoms with E-state index >= 15 is 0 Å². The van der Waals surface area contributed by atoms with Gasteiger partial charge >= 0.3 is 0 Å². The number of rotatable bonds is 1. The van der Waals surface area contributed by atoms with E-state index < -0.39 is 0 Å². The molecule has 0 fully saturated rings. The molecule has 1 N–H and O–H groups in total. The van der Waals surface area contributed by atoms with Crippen molar-refractivity contribution < 1.29 is 0 Å². The molecule has 0 bridgehead atoms. The third-order valence-corrected chi connectivity index (χ3v) is 2.66. The maximum absolute atomic E-state index is 4.27. The van der Waals surface area contributed by atoms with Gasteiger partial charge < -0.3 is 4.98 Å². The number of aromatic amines is 1. The van der Waals surface area contributed by atoms with Gasteiger partial charge in [-0.1, -0.05) is 0 Å². The van der Waals surface area contributed by atoms with Crippen molar-refractivity contribution in [3.63, 3.8) is 0 Å². The zero-order valence-corrected chi connectivity index (χ0v) is 7.90. The Morgan fingerprint density at radius 3 is 2.75 bits per heavy atom. The second-order valence-electron chi connectivity index (χ2n) is 2.81. The SMILES string of the molecule is Cc1cnc(-c2ccsc2C)[nH]1. The van der Waals surface area contributed by atoms with Crippen molar-refractivity contribution >= 4 is 11.3 Å². The summed E-state index contributed by atoms with van der Waals surface area (Å²) in [7, 11) is 0. The minimum atomic E-state index is 0.978. The Balaban J connectivity index is 2.50. The van der Waals surface area contributed by atoms with Crippen LogP contribution < -0.4 is 0 Å². The summed E-state index contributed by atoms with van der Waals surface area (Å²) in [6.07, 6.45) is 1.85. The number of imidazole rings is 1. The lowest BCUT2D eigenvalue weighted by atomic mass is 10.2. The normalized spacial score (nSPS) is 10.5. The van der Waals surface area contributed by atoms with Gasteiger partial charge in [-0.05, 0) is 25.3 Å². The van der Waals surface area contributed by atoms with Crippen LogP contribution in [0.5, 0.6) is 0 Å². The van der Waals surface area contributed by atoms with Crippen LogP contribution in [-0.4, -0.2) is 9.97 Å². The molecule has 12 heavy (non-hydrogen) atoms. The molecular weight excluding hydrogens is 168 g/mol. The molecule has 0 aliphatic rings. The van der Waals surface area contributed by atoms with Gasteiger partial charge in [0.1, 0.15) is 5.82 Å². The van der Waals surface area contributed by atoms with E-state index in [2.05, 4.69) is 28.3 Å². The molecule has 2 aromatic heterocycles. The molecule has 0 saturated heterocycles. The van der Waals surface area contributed by atoms with Crippen LogP contribution in [0.25, 0.3) is 11.4 Å². The van der Waals surface area contributed by atoms with Gasteiger partial charge in [-0.2, -0.15) is 0 Å². The van der Waals surface area contributed by atoms with Crippen molar-refractivity contribution in [2.45, 2.75) is 13.8 Å². The zero-order valence-electron chi connectivity index (χ0n) is 7.09. The third kappa shape index (κ3) is 1.16. The van der Waals surface area contributed by atoms with Crippen LogP contribution in [0.15, 0.2) is 17.6 Å². The number of aromatic nitrogens is 2. The first-order chi connectivity index (χ1) is 5.77. The van der Waals surface area contributed by atoms with Gasteiger partial charge in [-0.15, -0.1) is 11.3 Å². The Labute approximate surface area is 75.3 Å². The van der Waals surface area contributed by atoms with Crippen molar-refractivity contribution in [1.29, 1.82) is 0 Å². The first kappa shape index (κ1) is 7.55. The van der Waals surface area contributed by atoms with E-state index in [4.69, 9.17) is 0 Å².